The van der Waals surface area contributed by atoms with Crippen LogP contribution in [0, 0.1) is 5.82 Å². The molecule has 4 nitrogen and oxygen atoms in total. The maximum absolute atomic E-state index is 13.2. The van der Waals surface area contributed by atoms with E-state index in [1.54, 1.807) is 24.3 Å². The van der Waals surface area contributed by atoms with Gasteiger partial charge in [0.05, 0.1) is 16.0 Å². The lowest BCUT2D eigenvalue weighted by Gasteiger charge is -2.20. The lowest BCUT2D eigenvalue weighted by molar-refractivity contribution is 0.601. The average Bonchev–Trinajstić information content (AvgIpc) is 2.55. The smallest absolute Gasteiger partial charge is 0.175 e. The van der Waals surface area contributed by atoms with Gasteiger partial charge >= 0.3 is 0 Å². The van der Waals surface area contributed by atoms with Crippen molar-refractivity contribution in [2.24, 2.45) is 0 Å². The van der Waals surface area contributed by atoms with Crippen LogP contribution in [0.5, 0.6) is 0 Å². The first-order valence-electron chi connectivity index (χ1n) is 7.53. The molecule has 2 aromatic carbocycles. The van der Waals surface area contributed by atoms with Crippen LogP contribution >= 0.6 is 23.8 Å². The van der Waals surface area contributed by atoms with Crippen molar-refractivity contribution in [3.8, 4) is 0 Å². The van der Waals surface area contributed by atoms with Crippen molar-refractivity contribution in [3.63, 3.8) is 0 Å². The number of benzene rings is 2. The zero-order valence-corrected chi connectivity index (χ0v) is 16.1. The molecule has 2 N–H and O–H groups in total. The molecule has 2 rings (SSSR count). The lowest BCUT2D eigenvalue weighted by Crippen LogP contribution is -2.32. The molecule has 0 fully saturated rings. The number of hydrogen-bond donors (Lipinski definition) is 2. The van der Waals surface area contributed by atoms with Crippen LogP contribution < -0.4 is 10.6 Å². The molecule has 0 spiro atoms. The fourth-order valence-electron chi connectivity index (χ4n) is 2.27. The predicted octanol–water partition coefficient (Wildman–Crippen LogP) is 4.32. The quantitative estimate of drug-likeness (QED) is 0.732. The van der Waals surface area contributed by atoms with Gasteiger partial charge in [-0.15, -0.1) is 0 Å². The van der Waals surface area contributed by atoms with Crippen molar-refractivity contribution in [3.05, 3.63) is 58.9 Å². The van der Waals surface area contributed by atoms with Crippen LogP contribution in [0.1, 0.15) is 24.9 Å². The average molecular weight is 401 g/mol. The first kappa shape index (κ1) is 19.6. The summed E-state index contributed by atoms with van der Waals surface area (Å²) in [6, 6.07) is 10.8. The molecule has 0 aliphatic carbocycles. The molecule has 0 aliphatic heterocycles. The van der Waals surface area contributed by atoms with E-state index in [-0.39, 0.29) is 16.0 Å². The maximum Gasteiger partial charge on any atom is 0.175 e. The summed E-state index contributed by atoms with van der Waals surface area (Å²) < 4.78 is 36.3. The third kappa shape index (κ3) is 5.39. The van der Waals surface area contributed by atoms with Gasteiger partial charge in [0, 0.05) is 11.9 Å². The summed E-state index contributed by atoms with van der Waals surface area (Å²) in [5.74, 6) is -0.497. The highest BCUT2D eigenvalue weighted by Gasteiger charge is 2.13. The third-order valence-electron chi connectivity index (χ3n) is 3.60. The van der Waals surface area contributed by atoms with Gasteiger partial charge in [0.1, 0.15) is 5.82 Å². The Morgan fingerprint density at radius 2 is 1.88 bits per heavy atom. The number of hydrogen-bond acceptors (Lipinski definition) is 3. The van der Waals surface area contributed by atoms with E-state index in [4.69, 9.17) is 23.8 Å². The molecule has 8 heteroatoms. The molecule has 0 aromatic heterocycles. The summed E-state index contributed by atoms with van der Waals surface area (Å²) in [5.41, 5.74) is 1.49. The van der Waals surface area contributed by atoms with Gasteiger partial charge in [0.2, 0.25) is 0 Å². The Morgan fingerprint density at radius 1 is 1.24 bits per heavy atom. The normalized spacial score (nSPS) is 12.5. The van der Waals surface area contributed by atoms with Crippen molar-refractivity contribution in [1.29, 1.82) is 0 Å². The molecular weight excluding hydrogens is 383 g/mol. The van der Waals surface area contributed by atoms with Gasteiger partial charge in [-0.3, -0.25) is 0 Å². The highest BCUT2D eigenvalue weighted by molar-refractivity contribution is 7.90. The first-order valence-corrected chi connectivity index (χ1v) is 10.2. The molecule has 2 aromatic rings. The van der Waals surface area contributed by atoms with Gasteiger partial charge < -0.3 is 10.6 Å². The Labute approximate surface area is 157 Å². The van der Waals surface area contributed by atoms with E-state index < -0.39 is 15.7 Å². The zero-order valence-electron chi connectivity index (χ0n) is 13.7. The van der Waals surface area contributed by atoms with E-state index in [0.717, 1.165) is 12.0 Å². The number of nitrogens with one attached hydrogen (secondary N) is 2. The molecule has 1 atom stereocenters. The second kappa shape index (κ2) is 8.12. The van der Waals surface area contributed by atoms with Crippen LogP contribution in [-0.4, -0.2) is 19.8 Å². The second-order valence-electron chi connectivity index (χ2n) is 5.53. The molecular formula is C17H18ClFN2O2S2. The fourth-order valence-corrected chi connectivity index (χ4v) is 3.34. The predicted molar refractivity (Wildman–Crippen MR) is 103 cm³/mol. The Kier molecular flexibility index (Phi) is 6.37. The number of rotatable bonds is 5. The number of halogens is 2. The SMILES string of the molecule is CC[C@@H](NC(=S)Nc1ccc(F)c(Cl)c1)c1ccc(S(C)(=O)=O)cc1. The standard InChI is InChI=1S/C17H18ClFN2O2S2/c1-3-16(11-4-7-13(8-5-11)25(2,22)23)21-17(24)20-12-6-9-15(19)14(18)10-12/h4-10,16H,3H2,1-2H3,(H2,20,21,24)/t16-/m1/s1. The molecule has 0 amide bonds. The molecule has 0 unspecified atom stereocenters. The van der Waals surface area contributed by atoms with Crippen LogP contribution in [0.2, 0.25) is 5.02 Å². The Balaban J connectivity index is 2.08. The van der Waals surface area contributed by atoms with Crippen molar-refractivity contribution in [2.75, 3.05) is 11.6 Å². The van der Waals surface area contributed by atoms with Crippen molar-refractivity contribution < 1.29 is 12.8 Å². The maximum atomic E-state index is 13.2. The first-order chi connectivity index (χ1) is 11.7. The number of sulfone groups is 1. The van der Waals surface area contributed by atoms with Crippen LogP contribution in [-0.2, 0) is 9.84 Å². The van der Waals surface area contributed by atoms with Gasteiger partial charge in [-0.1, -0.05) is 30.7 Å². The number of anilines is 1. The van der Waals surface area contributed by atoms with Crippen LogP contribution in [0.15, 0.2) is 47.4 Å². The Bertz CT molecular complexity index is 871. The number of thiocarbonyl (C=S) groups is 1. The van der Waals surface area contributed by atoms with Gasteiger partial charge in [0.25, 0.3) is 0 Å². The van der Waals surface area contributed by atoms with E-state index in [9.17, 15) is 12.8 Å². The molecule has 0 aliphatic rings. The monoisotopic (exact) mass is 400 g/mol. The minimum absolute atomic E-state index is 0.0104. The van der Waals surface area contributed by atoms with Gasteiger partial charge in [-0.25, -0.2) is 12.8 Å². The second-order valence-corrected chi connectivity index (χ2v) is 8.36. The highest BCUT2D eigenvalue weighted by Crippen LogP contribution is 2.21. The van der Waals surface area contributed by atoms with Crippen LogP contribution in [0.25, 0.3) is 0 Å². The Hall–Kier alpha value is -1.70. The summed E-state index contributed by atoms with van der Waals surface area (Å²) in [6.07, 6.45) is 1.91. The van der Waals surface area contributed by atoms with E-state index in [0.29, 0.717) is 10.8 Å². The van der Waals surface area contributed by atoms with E-state index >= 15 is 0 Å². The van der Waals surface area contributed by atoms with Crippen molar-refractivity contribution in [2.45, 2.75) is 24.3 Å². The zero-order chi connectivity index (χ0) is 18.6. The molecule has 0 heterocycles. The molecule has 0 saturated heterocycles. The molecule has 25 heavy (non-hydrogen) atoms. The van der Waals surface area contributed by atoms with E-state index in [1.165, 1.54) is 24.5 Å². The topological polar surface area (TPSA) is 58.2 Å². The lowest BCUT2D eigenvalue weighted by atomic mass is 10.1. The molecule has 0 saturated carbocycles. The van der Waals surface area contributed by atoms with Crippen LogP contribution in [0.3, 0.4) is 0 Å². The van der Waals surface area contributed by atoms with E-state index in [1.807, 2.05) is 6.92 Å². The summed E-state index contributed by atoms with van der Waals surface area (Å²) in [7, 11) is -3.23. The van der Waals surface area contributed by atoms with E-state index in [2.05, 4.69) is 10.6 Å². The van der Waals surface area contributed by atoms with Crippen molar-refractivity contribution >= 4 is 44.5 Å². The minimum atomic E-state index is -3.23. The molecule has 0 radical (unpaired) electrons. The van der Waals surface area contributed by atoms with Crippen molar-refractivity contribution in [1.82, 2.24) is 5.32 Å². The Morgan fingerprint density at radius 3 is 2.40 bits per heavy atom. The highest BCUT2D eigenvalue weighted by atomic mass is 35.5. The minimum Gasteiger partial charge on any atom is -0.356 e. The summed E-state index contributed by atoms with van der Waals surface area (Å²) >= 11 is 11.0. The summed E-state index contributed by atoms with van der Waals surface area (Å²) in [5, 5.41) is 6.48. The molecule has 0 bridgehead atoms. The molecule has 134 valence electrons. The summed E-state index contributed by atoms with van der Waals surface area (Å²) in [4.78, 5) is 0.271. The largest absolute Gasteiger partial charge is 0.356 e. The van der Waals surface area contributed by atoms with Crippen LogP contribution in [0.4, 0.5) is 10.1 Å². The third-order valence-corrected chi connectivity index (χ3v) is 5.24. The fraction of sp³-hybridized carbons (Fsp3) is 0.235. The van der Waals surface area contributed by atoms with Gasteiger partial charge in [-0.05, 0) is 54.5 Å². The summed E-state index contributed by atoms with van der Waals surface area (Å²) in [6.45, 7) is 1.99. The van der Waals surface area contributed by atoms with Gasteiger partial charge in [0.15, 0.2) is 14.9 Å². The van der Waals surface area contributed by atoms with Gasteiger partial charge in [-0.2, -0.15) is 0 Å².